The highest BCUT2D eigenvalue weighted by atomic mass is 19.4. The van der Waals surface area contributed by atoms with E-state index in [4.69, 9.17) is 9.47 Å². The summed E-state index contributed by atoms with van der Waals surface area (Å²) in [5, 5.41) is 0. The predicted molar refractivity (Wildman–Crippen MR) is 44.1 cm³/mol. The summed E-state index contributed by atoms with van der Waals surface area (Å²) in [6, 6.07) is 0. The van der Waals surface area contributed by atoms with Gasteiger partial charge in [0.05, 0.1) is 13.2 Å². The van der Waals surface area contributed by atoms with Gasteiger partial charge in [0.2, 0.25) is 6.29 Å². The Bertz CT molecular complexity index is 193. The van der Waals surface area contributed by atoms with Crippen molar-refractivity contribution in [2.24, 2.45) is 0 Å². The molecule has 0 amide bonds. The second-order valence-electron chi connectivity index (χ2n) is 2.54. The molecule has 0 fully saturated rings. The summed E-state index contributed by atoms with van der Waals surface area (Å²) >= 11 is 0. The van der Waals surface area contributed by atoms with E-state index in [1.165, 1.54) is 6.92 Å². The zero-order valence-electron chi connectivity index (χ0n) is 8.47. The van der Waals surface area contributed by atoms with Gasteiger partial charge < -0.3 is 14.2 Å². The van der Waals surface area contributed by atoms with Crippen molar-refractivity contribution in [3.05, 3.63) is 0 Å². The standard InChI is InChI=1S/C8H13F3O4/c1-3-13-4-5-14-6(2)15-7(12)8(9,10)11/h6H,3-5H2,1-2H3. The molecule has 0 aromatic carbocycles. The van der Waals surface area contributed by atoms with Crippen LogP contribution in [0, 0.1) is 0 Å². The maximum absolute atomic E-state index is 11.7. The van der Waals surface area contributed by atoms with Gasteiger partial charge in [-0.3, -0.25) is 0 Å². The summed E-state index contributed by atoms with van der Waals surface area (Å²) < 4.78 is 48.7. The van der Waals surface area contributed by atoms with Gasteiger partial charge in [0, 0.05) is 6.61 Å². The number of rotatable bonds is 6. The highest BCUT2D eigenvalue weighted by Gasteiger charge is 2.41. The summed E-state index contributed by atoms with van der Waals surface area (Å²) in [5.74, 6) is -2.26. The third-order valence-corrected chi connectivity index (χ3v) is 1.29. The number of esters is 1. The molecule has 0 radical (unpaired) electrons. The lowest BCUT2D eigenvalue weighted by molar-refractivity contribution is -0.224. The van der Waals surface area contributed by atoms with Crippen molar-refractivity contribution in [3.63, 3.8) is 0 Å². The normalized spacial score (nSPS) is 13.7. The van der Waals surface area contributed by atoms with Crippen LogP contribution in [0.25, 0.3) is 0 Å². The summed E-state index contributed by atoms with van der Waals surface area (Å²) in [4.78, 5) is 10.3. The number of carbonyl (C=O) groups is 1. The van der Waals surface area contributed by atoms with Gasteiger partial charge in [-0.05, 0) is 13.8 Å². The lowest BCUT2D eigenvalue weighted by Gasteiger charge is -2.14. The molecular formula is C8H13F3O4. The number of carbonyl (C=O) groups excluding carboxylic acids is 1. The smallest absolute Gasteiger partial charge is 0.429 e. The summed E-state index contributed by atoms with van der Waals surface area (Å²) in [7, 11) is 0. The largest absolute Gasteiger partial charge is 0.491 e. The molecule has 4 nitrogen and oxygen atoms in total. The van der Waals surface area contributed by atoms with Crippen LogP contribution in [0.4, 0.5) is 13.2 Å². The number of ether oxygens (including phenoxy) is 3. The molecule has 0 saturated carbocycles. The average Bonchev–Trinajstić information content (AvgIpc) is 2.11. The monoisotopic (exact) mass is 230 g/mol. The highest BCUT2D eigenvalue weighted by Crippen LogP contribution is 2.17. The van der Waals surface area contributed by atoms with Crippen LogP contribution < -0.4 is 0 Å². The van der Waals surface area contributed by atoms with Crippen LogP contribution in [0.2, 0.25) is 0 Å². The van der Waals surface area contributed by atoms with Gasteiger partial charge in [0.25, 0.3) is 0 Å². The molecule has 0 heterocycles. The number of hydrogen-bond donors (Lipinski definition) is 0. The van der Waals surface area contributed by atoms with E-state index >= 15 is 0 Å². The highest BCUT2D eigenvalue weighted by molar-refractivity contribution is 5.75. The molecule has 0 aliphatic rings. The predicted octanol–water partition coefficient (Wildman–Crippen LogP) is 1.49. The van der Waals surface area contributed by atoms with Crippen molar-refractivity contribution in [1.82, 2.24) is 0 Å². The van der Waals surface area contributed by atoms with Gasteiger partial charge in [-0.15, -0.1) is 0 Å². The Morgan fingerprint density at radius 1 is 1.33 bits per heavy atom. The van der Waals surface area contributed by atoms with Crippen LogP contribution in [-0.4, -0.2) is 38.3 Å². The zero-order valence-corrected chi connectivity index (χ0v) is 8.47. The molecule has 0 aliphatic heterocycles. The molecule has 0 bridgehead atoms. The SMILES string of the molecule is CCOCCOC(C)OC(=O)C(F)(F)F. The molecule has 0 rings (SSSR count). The van der Waals surface area contributed by atoms with Gasteiger partial charge in [-0.25, -0.2) is 4.79 Å². The zero-order chi connectivity index (χ0) is 11.9. The molecule has 15 heavy (non-hydrogen) atoms. The Balaban J connectivity index is 3.65. The first-order valence-corrected chi connectivity index (χ1v) is 4.35. The lowest BCUT2D eigenvalue weighted by atomic mass is 10.6. The molecule has 0 aliphatic carbocycles. The Morgan fingerprint density at radius 2 is 1.93 bits per heavy atom. The Kier molecular flexibility index (Phi) is 6.26. The summed E-state index contributed by atoms with van der Waals surface area (Å²) in [6.45, 7) is 3.77. The number of alkyl halides is 3. The Morgan fingerprint density at radius 3 is 2.40 bits per heavy atom. The van der Waals surface area contributed by atoms with Crippen LogP contribution >= 0.6 is 0 Å². The Hall–Kier alpha value is -0.820. The molecule has 1 atom stereocenters. The van der Waals surface area contributed by atoms with Crippen LogP contribution in [0.1, 0.15) is 13.8 Å². The van der Waals surface area contributed by atoms with Gasteiger partial charge in [-0.2, -0.15) is 13.2 Å². The third kappa shape index (κ3) is 7.15. The van der Waals surface area contributed by atoms with Crippen LogP contribution in [-0.2, 0) is 19.0 Å². The first-order valence-electron chi connectivity index (χ1n) is 4.35. The topological polar surface area (TPSA) is 44.8 Å². The molecular weight excluding hydrogens is 217 g/mol. The fraction of sp³-hybridized carbons (Fsp3) is 0.875. The second-order valence-corrected chi connectivity index (χ2v) is 2.54. The molecule has 1 unspecified atom stereocenters. The number of hydrogen-bond acceptors (Lipinski definition) is 4. The van der Waals surface area contributed by atoms with Gasteiger partial charge in [-0.1, -0.05) is 0 Å². The first-order chi connectivity index (χ1) is 6.88. The van der Waals surface area contributed by atoms with Crippen molar-refractivity contribution in [3.8, 4) is 0 Å². The van der Waals surface area contributed by atoms with E-state index in [0.29, 0.717) is 6.61 Å². The molecule has 0 N–H and O–H groups in total. The third-order valence-electron chi connectivity index (χ3n) is 1.29. The number of halogens is 3. The molecule has 90 valence electrons. The van der Waals surface area contributed by atoms with Crippen molar-refractivity contribution >= 4 is 5.97 Å². The van der Waals surface area contributed by atoms with Crippen molar-refractivity contribution in [2.75, 3.05) is 19.8 Å². The van der Waals surface area contributed by atoms with Crippen molar-refractivity contribution in [1.29, 1.82) is 0 Å². The van der Waals surface area contributed by atoms with Crippen molar-refractivity contribution < 1.29 is 32.2 Å². The van der Waals surface area contributed by atoms with E-state index in [0.717, 1.165) is 0 Å². The summed E-state index contributed by atoms with van der Waals surface area (Å²) in [5.41, 5.74) is 0. The van der Waals surface area contributed by atoms with Gasteiger partial charge >= 0.3 is 12.1 Å². The molecule has 0 saturated heterocycles. The van der Waals surface area contributed by atoms with Crippen molar-refractivity contribution in [2.45, 2.75) is 26.3 Å². The van der Waals surface area contributed by atoms with E-state index in [1.807, 2.05) is 0 Å². The van der Waals surface area contributed by atoms with Gasteiger partial charge in [0.1, 0.15) is 0 Å². The Labute approximate surface area is 85.3 Å². The second kappa shape index (κ2) is 6.62. The fourth-order valence-corrected chi connectivity index (χ4v) is 0.669. The maximum Gasteiger partial charge on any atom is 0.491 e. The minimum atomic E-state index is -4.99. The van der Waals surface area contributed by atoms with Crippen LogP contribution in [0.3, 0.4) is 0 Å². The van der Waals surface area contributed by atoms with E-state index in [1.54, 1.807) is 6.92 Å². The van der Waals surface area contributed by atoms with E-state index in [-0.39, 0.29) is 13.2 Å². The molecule has 0 aromatic rings. The lowest BCUT2D eigenvalue weighted by Crippen LogP contribution is -2.30. The quantitative estimate of drug-likeness (QED) is 0.394. The minimum Gasteiger partial charge on any atom is -0.429 e. The average molecular weight is 230 g/mol. The van der Waals surface area contributed by atoms with E-state index in [9.17, 15) is 18.0 Å². The minimum absolute atomic E-state index is 0.0696. The van der Waals surface area contributed by atoms with Crippen LogP contribution in [0.5, 0.6) is 0 Å². The summed E-state index contributed by atoms with van der Waals surface area (Å²) in [6.07, 6.45) is -6.23. The van der Waals surface area contributed by atoms with Crippen LogP contribution in [0.15, 0.2) is 0 Å². The molecule has 0 aromatic heterocycles. The fourth-order valence-electron chi connectivity index (χ4n) is 0.669. The van der Waals surface area contributed by atoms with E-state index in [2.05, 4.69) is 4.74 Å². The maximum atomic E-state index is 11.7. The molecule has 0 spiro atoms. The van der Waals surface area contributed by atoms with Gasteiger partial charge in [0.15, 0.2) is 0 Å². The molecule has 7 heteroatoms. The van der Waals surface area contributed by atoms with E-state index < -0.39 is 18.4 Å². The first kappa shape index (κ1) is 14.2.